The van der Waals surface area contributed by atoms with Gasteiger partial charge in [-0.05, 0) is 6.07 Å². The highest BCUT2D eigenvalue weighted by molar-refractivity contribution is 6.68. The smallest absolute Gasteiger partial charge is 0.321 e. The molecular weight excluding hydrogens is 459 g/mol. The average Bonchev–Trinajstić information content (AvgIpc) is 2.64. The van der Waals surface area contributed by atoms with E-state index in [4.69, 9.17) is 39.6 Å². The molecule has 0 unspecified atom stereocenters. The van der Waals surface area contributed by atoms with Gasteiger partial charge in [0.1, 0.15) is 0 Å². The van der Waals surface area contributed by atoms with Crippen LogP contribution in [0.4, 0.5) is 11.4 Å². The zero-order chi connectivity index (χ0) is 21.8. The number of carbonyl (C=O) groups excluding carboxylic acids is 1. The van der Waals surface area contributed by atoms with Crippen LogP contribution in [0.15, 0.2) is 23.5 Å². The summed E-state index contributed by atoms with van der Waals surface area (Å²) in [6.45, 7) is 0.492. The van der Waals surface area contributed by atoms with Crippen molar-refractivity contribution in [3.8, 4) is 5.75 Å². The van der Waals surface area contributed by atoms with Crippen molar-refractivity contribution in [2.24, 2.45) is 5.28 Å². The summed E-state index contributed by atoms with van der Waals surface area (Å²) in [4.78, 5) is 38.3. The van der Waals surface area contributed by atoms with Gasteiger partial charge in [-0.2, -0.15) is 0 Å². The molecule has 1 aliphatic heterocycles. The number of benzene rings is 1. The fourth-order valence-corrected chi connectivity index (χ4v) is 2.71. The first-order valence-electron chi connectivity index (χ1n) is 7.85. The quantitative estimate of drug-likeness (QED) is 0.201. The molecule has 1 aromatic rings. The third-order valence-corrected chi connectivity index (χ3v) is 4.16. The van der Waals surface area contributed by atoms with E-state index < -0.39 is 36.7 Å². The Bertz CT molecular complexity index is 839. The Morgan fingerprint density at radius 2 is 1.72 bits per heavy atom. The summed E-state index contributed by atoms with van der Waals surface area (Å²) in [6, 6.07) is 2.62. The van der Waals surface area contributed by atoms with Crippen molar-refractivity contribution in [1.82, 2.24) is 9.91 Å². The van der Waals surface area contributed by atoms with Gasteiger partial charge in [-0.15, -0.1) is 5.01 Å². The first-order chi connectivity index (χ1) is 13.5. The van der Waals surface area contributed by atoms with E-state index >= 15 is 0 Å². The fraction of sp³-hybridized carbons (Fsp3) is 0.462. The molecule has 158 valence electrons. The van der Waals surface area contributed by atoms with E-state index in [0.717, 1.165) is 12.1 Å². The molecule has 0 aliphatic carbocycles. The van der Waals surface area contributed by atoms with Crippen molar-refractivity contribution < 1.29 is 24.4 Å². The second-order valence-electron chi connectivity index (χ2n) is 5.72. The topological polar surface area (TPSA) is 157 Å². The molecule has 0 radical (unpaired) electrons. The maximum absolute atomic E-state index is 12.0. The Morgan fingerprint density at radius 3 is 2.24 bits per heavy atom. The summed E-state index contributed by atoms with van der Waals surface area (Å²) in [6.07, 6.45) is -0.309. The maximum atomic E-state index is 12.0. The third kappa shape index (κ3) is 6.44. The molecule has 1 amide bonds. The highest BCUT2D eigenvalue weighted by Crippen LogP contribution is 2.32. The lowest BCUT2D eigenvalue weighted by Crippen LogP contribution is -2.51. The highest BCUT2D eigenvalue weighted by Gasteiger charge is 2.31. The number of hydrazine groups is 1. The van der Waals surface area contributed by atoms with Gasteiger partial charge < -0.3 is 10.1 Å². The summed E-state index contributed by atoms with van der Waals surface area (Å²) in [5.74, 6) is -0.838. The molecule has 0 N–H and O–H groups in total. The van der Waals surface area contributed by atoms with Crippen molar-refractivity contribution in [3.63, 3.8) is 0 Å². The van der Waals surface area contributed by atoms with E-state index in [9.17, 15) is 30.2 Å². The third-order valence-electron chi connectivity index (χ3n) is 3.76. The number of alkyl halides is 3. The van der Waals surface area contributed by atoms with Crippen LogP contribution in [0, 0.1) is 25.4 Å². The molecule has 1 aliphatic rings. The van der Waals surface area contributed by atoms with Crippen LogP contribution in [0.5, 0.6) is 5.75 Å². The van der Waals surface area contributed by atoms with Gasteiger partial charge in [-0.25, -0.2) is 0 Å². The molecular formula is C13H13Cl3N6O7. The van der Waals surface area contributed by atoms with Gasteiger partial charge in [-0.3, -0.25) is 29.9 Å². The first kappa shape index (κ1) is 22.6. The number of halogens is 3. The normalized spacial score (nSPS) is 15.2. The maximum Gasteiger partial charge on any atom is 0.321 e. The van der Waals surface area contributed by atoms with E-state index in [1.165, 1.54) is 9.91 Å². The summed E-state index contributed by atoms with van der Waals surface area (Å²) < 4.78 is -1.72. The van der Waals surface area contributed by atoms with Crippen LogP contribution < -0.4 is 4.84 Å². The van der Waals surface area contributed by atoms with Crippen LogP contribution in [0.1, 0.15) is 6.42 Å². The Hall–Kier alpha value is -2.64. The standard InChI is InChI=1S/C13H13Cl3N6O7/c14-13(15,16)8-12(23)18-3-5-19(6-4-18)22(28)17-29-11-2-1-9(20(24)25)7-10(11)21(26)27/h1-2,7H,3-6,8H2/b22-17-. The van der Waals surface area contributed by atoms with Gasteiger partial charge in [0, 0.05) is 19.2 Å². The number of amides is 1. The van der Waals surface area contributed by atoms with Gasteiger partial charge in [0.15, 0.2) is 3.79 Å². The monoisotopic (exact) mass is 470 g/mol. The molecule has 0 spiro atoms. The van der Waals surface area contributed by atoms with Gasteiger partial charge in [-0.1, -0.05) is 34.8 Å². The summed E-state index contributed by atoms with van der Waals surface area (Å²) in [5, 5.41) is 38.2. The van der Waals surface area contributed by atoms with Crippen molar-refractivity contribution >= 4 is 52.1 Å². The number of non-ortho nitro benzene ring substituents is 1. The average molecular weight is 472 g/mol. The van der Waals surface area contributed by atoms with Crippen molar-refractivity contribution in [2.45, 2.75) is 10.2 Å². The number of rotatable bonds is 6. The molecule has 1 heterocycles. The van der Waals surface area contributed by atoms with Gasteiger partial charge in [0.05, 0.1) is 40.4 Å². The van der Waals surface area contributed by atoms with E-state index in [-0.39, 0.29) is 37.6 Å². The molecule has 29 heavy (non-hydrogen) atoms. The Kier molecular flexibility index (Phi) is 7.21. The molecule has 0 aromatic heterocycles. The number of nitro groups is 2. The van der Waals surface area contributed by atoms with Crippen molar-refractivity contribution in [3.05, 3.63) is 43.6 Å². The minimum Gasteiger partial charge on any atom is -0.569 e. The minimum atomic E-state index is -1.72. The van der Waals surface area contributed by atoms with E-state index in [1.54, 1.807) is 0 Å². The molecule has 1 saturated heterocycles. The zero-order valence-electron chi connectivity index (χ0n) is 14.4. The number of carbonyl (C=O) groups is 1. The van der Waals surface area contributed by atoms with Crippen LogP contribution in [-0.4, -0.2) is 60.6 Å². The Labute approximate surface area is 177 Å². The van der Waals surface area contributed by atoms with Gasteiger partial charge in [0.25, 0.3) is 5.69 Å². The second kappa shape index (κ2) is 9.24. The number of hydrogen-bond acceptors (Lipinski definition) is 8. The van der Waals surface area contributed by atoms with Crippen LogP contribution in [0.3, 0.4) is 0 Å². The van der Waals surface area contributed by atoms with E-state index in [1.807, 2.05) is 0 Å². The molecule has 0 bridgehead atoms. The van der Waals surface area contributed by atoms with Crippen molar-refractivity contribution in [1.29, 1.82) is 0 Å². The lowest BCUT2D eigenvalue weighted by molar-refractivity contribution is -0.708. The molecule has 1 fully saturated rings. The second-order valence-corrected chi connectivity index (χ2v) is 8.23. The number of nitro benzene ring substituents is 2. The van der Waals surface area contributed by atoms with Gasteiger partial charge in [0.2, 0.25) is 16.9 Å². The van der Waals surface area contributed by atoms with Crippen LogP contribution in [0.2, 0.25) is 0 Å². The lowest BCUT2D eigenvalue weighted by atomic mass is 10.2. The predicted octanol–water partition coefficient (Wildman–Crippen LogP) is 2.58. The summed E-state index contributed by atoms with van der Waals surface area (Å²) in [7, 11) is 0. The molecule has 13 nitrogen and oxygen atoms in total. The number of nitrogens with zero attached hydrogens (tertiary/aromatic N) is 6. The van der Waals surface area contributed by atoms with E-state index in [0.29, 0.717) is 6.07 Å². The van der Waals surface area contributed by atoms with Crippen molar-refractivity contribution in [2.75, 3.05) is 26.2 Å². The molecule has 2 rings (SSSR count). The SMILES string of the molecule is O=C(CC(Cl)(Cl)Cl)N1CCN(/[N+]([O-])=N/Oc2ccc([N+](=O)[O-])cc2[N+](=O)[O-])CC1. The molecule has 0 saturated carbocycles. The Morgan fingerprint density at radius 1 is 1.10 bits per heavy atom. The summed E-state index contributed by atoms with van der Waals surface area (Å²) in [5.41, 5.74) is -1.24. The molecule has 1 aromatic carbocycles. The van der Waals surface area contributed by atoms with Gasteiger partial charge >= 0.3 is 5.69 Å². The minimum absolute atomic E-state index is 0.0713. The molecule has 0 atom stereocenters. The van der Waals surface area contributed by atoms with E-state index in [2.05, 4.69) is 5.28 Å². The lowest BCUT2D eigenvalue weighted by Gasteiger charge is -2.32. The number of piperazine rings is 1. The zero-order valence-corrected chi connectivity index (χ0v) is 16.7. The van der Waals surface area contributed by atoms with Crippen LogP contribution in [-0.2, 0) is 4.79 Å². The highest BCUT2D eigenvalue weighted by atomic mass is 35.6. The molecule has 16 heteroatoms. The Balaban J connectivity index is 2.00. The number of hydrogen-bond donors (Lipinski definition) is 0. The summed E-state index contributed by atoms with van der Waals surface area (Å²) >= 11 is 16.8. The van der Waals surface area contributed by atoms with Crippen LogP contribution >= 0.6 is 34.8 Å². The first-order valence-corrected chi connectivity index (χ1v) is 8.99. The van der Waals surface area contributed by atoms with Crippen LogP contribution in [0.25, 0.3) is 0 Å². The predicted molar refractivity (Wildman–Crippen MR) is 99.5 cm³/mol. The fourth-order valence-electron chi connectivity index (χ4n) is 2.37. The largest absolute Gasteiger partial charge is 0.569 e.